The van der Waals surface area contributed by atoms with E-state index in [1.54, 1.807) is 0 Å². The van der Waals surface area contributed by atoms with Crippen molar-refractivity contribution in [3.8, 4) is 6.07 Å². The van der Waals surface area contributed by atoms with E-state index in [1.165, 1.54) is 19.3 Å². The number of fused-ring (bicyclic) bond motifs is 1. The Morgan fingerprint density at radius 1 is 1.38 bits per heavy atom. The standard InChI is InChI=1S/C17H20N4/c1-19-12-14-6-4-5-9-21(14)17-10-13(11-18)15-7-2-3-8-16(15)20-17/h2-3,7-8,10,14,19H,4-6,9,12H2,1H3. The van der Waals surface area contributed by atoms with Crippen LogP contribution in [-0.4, -0.2) is 31.2 Å². The van der Waals surface area contributed by atoms with Crippen LogP contribution in [0.5, 0.6) is 0 Å². The Morgan fingerprint density at radius 3 is 3.05 bits per heavy atom. The van der Waals surface area contributed by atoms with Crippen molar-refractivity contribution in [2.45, 2.75) is 25.3 Å². The van der Waals surface area contributed by atoms with Crippen LogP contribution in [0.1, 0.15) is 24.8 Å². The molecule has 1 N–H and O–H groups in total. The molecule has 0 bridgehead atoms. The lowest BCUT2D eigenvalue weighted by Gasteiger charge is -2.36. The molecule has 21 heavy (non-hydrogen) atoms. The van der Waals surface area contributed by atoms with E-state index in [1.807, 2.05) is 37.4 Å². The summed E-state index contributed by atoms with van der Waals surface area (Å²) < 4.78 is 0. The normalized spacial score (nSPS) is 18.7. The van der Waals surface area contributed by atoms with Crippen molar-refractivity contribution in [1.29, 1.82) is 5.26 Å². The minimum absolute atomic E-state index is 0.462. The predicted octanol–water partition coefficient (Wildman–Crippen LogP) is 2.68. The van der Waals surface area contributed by atoms with E-state index >= 15 is 0 Å². The first kappa shape index (κ1) is 13.8. The van der Waals surface area contributed by atoms with Gasteiger partial charge < -0.3 is 10.2 Å². The lowest BCUT2D eigenvalue weighted by Crippen LogP contribution is -2.45. The molecule has 4 heteroatoms. The molecule has 0 spiro atoms. The van der Waals surface area contributed by atoms with Gasteiger partial charge in [0.2, 0.25) is 0 Å². The first-order chi connectivity index (χ1) is 10.3. The SMILES string of the molecule is CNCC1CCCCN1c1cc(C#N)c2ccccc2n1. The zero-order valence-corrected chi connectivity index (χ0v) is 12.3. The molecule has 2 heterocycles. The molecule has 1 fully saturated rings. The molecular formula is C17H20N4. The van der Waals surface area contributed by atoms with E-state index in [9.17, 15) is 5.26 Å². The van der Waals surface area contributed by atoms with Crippen molar-refractivity contribution in [2.24, 2.45) is 0 Å². The zero-order valence-electron chi connectivity index (χ0n) is 12.3. The summed E-state index contributed by atoms with van der Waals surface area (Å²) in [6, 6.07) is 12.6. The van der Waals surface area contributed by atoms with Crippen LogP contribution in [0, 0.1) is 11.3 Å². The van der Waals surface area contributed by atoms with Gasteiger partial charge in [0, 0.05) is 24.5 Å². The number of hydrogen-bond acceptors (Lipinski definition) is 4. The van der Waals surface area contributed by atoms with Gasteiger partial charge >= 0.3 is 0 Å². The number of benzene rings is 1. The molecule has 1 atom stereocenters. The molecule has 1 aliphatic rings. The van der Waals surface area contributed by atoms with Crippen LogP contribution in [0.15, 0.2) is 30.3 Å². The van der Waals surface area contributed by atoms with Crippen LogP contribution in [0.4, 0.5) is 5.82 Å². The molecule has 4 nitrogen and oxygen atoms in total. The molecule has 1 aromatic heterocycles. The van der Waals surface area contributed by atoms with E-state index in [2.05, 4.69) is 16.3 Å². The van der Waals surface area contributed by atoms with Gasteiger partial charge in [-0.05, 0) is 38.4 Å². The molecule has 0 radical (unpaired) electrons. The predicted molar refractivity (Wildman–Crippen MR) is 85.4 cm³/mol. The number of rotatable bonds is 3. The summed E-state index contributed by atoms with van der Waals surface area (Å²) in [6.07, 6.45) is 3.63. The quantitative estimate of drug-likeness (QED) is 0.939. The molecule has 2 aromatic rings. The lowest BCUT2D eigenvalue weighted by molar-refractivity contribution is 0.444. The van der Waals surface area contributed by atoms with Crippen LogP contribution in [0.3, 0.4) is 0 Å². The summed E-state index contributed by atoms with van der Waals surface area (Å²) in [5.41, 5.74) is 1.62. The lowest BCUT2D eigenvalue weighted by atomic mass is 10.0. The van der Waals surface area contributed by atoms with Crippen LogP contribution in [0.25, 0.3) is 10.9 Å². The topological polar surface area (TPSA) is 52.0 Å². The summed E-state index contributed by atoms with van der Waals surface area (Å²) in [7, 11) is 1.99. The van der Waals surface area contributed by atoms with Gasteiger partial charge in [-0.3, -0.25) is 0 Å². The van der Waals surface area contributed by atoms with E-state index in [0.29, 0.717) is 11.6 Å². The van der Waals surface area contributed by atoms with Gasteiger partial charge in [0.05, 0.1) is 17.1 Å². The van der Waals surface area contributed by atoms with Crippen LogP contribution >= 0.6 is 0 Å². The van der Waals surface area contributed by atoms with Crippen LogP contribution < -0.4 is 10.2 Å². The number of anilines is 1. The second-order valence-electron chi connectivity index (χ2n) is 5.56. The number of nitriles is 1. The summed E-state index contributed by atoms with van der Waals surface area (Å²) >= 11 is 0. The Kier molecular flexibility index (Phi) is 4.03. The molecule has 3 rings (SSSR count). The van der Waals surface area contributed by atoms with E-state index in [0.717, 1.165) is 29.8 Å². The van der Waals surface area contributed by atoms with Gasteiger partial charge in [0.15, 0.2) is 0 Å². The number of aromatic nitrogens is 1. The maximum Gasteiger partial charge on any atom is 0.130 e. The second-order valence-corrected chi connectivity index (χ2v) is 5.56. The molecule has 0 amide bonds. The number of hydrogen-bond donors (Lipinski definition) is 1. The molecule has 108 valence electrons. The Bertz CT molecular complexity index is 672. The highest BCUT2D eigenvalue weighted by Crippen LogP contribution is 2.27. The maximum atomic E-state index is 9.42. The number of likely N-dealkylation sites (N-methyl/N-ethyl adjacent to an activating group) is 1. The number of pyridine rings is 1. The van der Waals surface area contributed by atoms with Crippen molar-refractivity contribution in [1.82, 2.24) is 10.3 Å². The fraction of sp³-hybridized carbons (Fsp3) is 0.412. The van der Waals surface area contributed by atoms with Gasteiger partial charge in [-0.25, -0.2) is 4.98 Å². The Labute approximate surface area is 125 Å². The van der Waals surface area contributed by atoms with Crippen LogP contribution in [0.2, 0.25) is 0 Å². The van der Waals surface area contributed by atoms with Gasteiger partial charge in [-0.1, -0.05) is 18.2 Å². The average molecular weight is 280 g/mol. The number of para-hydroxylation sites is 1. The average Bonchev–Trinajstić information content (AvgIpc) is 2.54. The first-order valence-electron chi connectivity index (χ1n) is 7.54. The molecule has 0 saturated carbocycles. The summed E-state index contributed by atoms with van der Waals surface area (Å²) in [4.78, 5) is 7.14. The fourth-order valence-electron chi connectivity index (χ4n) is 3.15. The van der Waals surface area contributed by atoms with Crippen molar-refractivity contribution in [3.63, 3.8) is 0 Å². The van der Waals surface area contributed by atoms with Crippen molar-refractivity contribution < 1.29 is 0 Å². The van der Waals surface area contributed by atoms with Crippen molar-refractivity contribution in [2.75, 3.05) is 25.0 Å². The Balaban J connectivity index is 2.05. The molecule has 1 saturated heterocycles. The maximum absolute atomic E-state index is 9.42. The van der Waals surface area contributed by atoms with Gasteiger partial charge in [0.1, 0.15) is 5.82 Å². The largest absolute Gasteiger partial charge is 0.352 e. The summed E-state index contributed by atoms with van der Waals surface area (Å²) in [5, 5.41) is 13.6. The summed E-state index contributed by atoms with van der Waals surface area (Å²) in [5.74, 6) is 0.935. The highest BCUT2D eigenvalue weighted by Gasteiger charge is 2.23. The first-order valence-corrected chi connectivity index (χ1v) is 7.54. The fourth-order valence-corrected chi connectivity index (χ4v) is 3.15. The molecular weight excluding hydrogens is 260 g/mol. The van der Waals surface area contributed by atoms with Crippen molar-refractivity contribution >= 4 is 16.7 Å². The third kappa shape index (κ3) is 2.70. The molecule has 1 unspecified atom stereocenters. The molecule has 1 aromatic carbocycles. The molecule has 1 aliphatic heterocycles. The number of nitrogens with one attached hydrogen (secondary N) is 1. The van der Waals surface area contributed by atoms with E-state index in [-0.39, 0.29) is 0 Å². The smallest absolute Gasteiger partial charge is 0.130 e. The highest BCUT2D eigenvalue weighted by molar-refractivity contribution is 5.86. The van der Waals surface area contributed by atoms with Crippen molar-refractivity contribution in [3.05, 3.63) is 35.9 Å². The number of nitrogens with zero attached hydrogens (tertiary/aromatic N) is 3. The summed E-state index contributed by atoms with van der Waals surface area (Å²) in [6.45, 7) is 1.97. The van der Waals surface area contributed by atoms with E-state index < -0.39 is 0 Å². The minimum Gasteiger partial charge on any atom is -0.352 e. The van der Waals surface area contributed by atoms with E-state index in [4.69, 9.17) is 4.98 Å². The Hall–Kier alpha value is -2.12. The highest BCUT2D eigenvalue weighted by atomic mass is 15.2. The van der Waals surface area contributed by atoms with Gasteiger partial charge in [-0.15, -0.1) is 0 Å². The third-order valence-corrected chi connectivity index (χ3v) is 4.18. The van der Waals surface area contributed by atoms with Crippen LogP contribution in [-0.2, 0) is 0 Å². The van der Waals surface area contributed by atoms with Gasteiger partial charge in [-0.2, -0.15) is 5.26 Å². The zero-order chi connectivity index (χ0) is 14.7. The third-order valence-electron chi connectivity index (χ3n) is 4.18. The number of piperidine rings is 1. The minimum atomic E-state index is 0.462. The monoisotopic (exact) mass is 280 g/mol. The Morgan fingerprint density at radius 2 is 2.24 bits per heavy atom. The van der Waals surface area contributed by atoms with Gasteiger partial charge in [0.25, 0.3) is 0 Å². The second kappa shape index (κ2) is 6.11. The molecule has 0 aliphatic carbocycles.